The summed E-state index contributed by atoms with van der Waals surface area (Å²) in [5, 5.41) is 0.226. The van der Waals surface area contributed by atoms with Crippen LogP contribution in [0.25, 0.3) is 6.08 Å². The van der Waals surface area contributed by atoms with Gasteiger partial charge in [0.25, 0.3) is 11.8 Å². The van der Waals surface area contributed by atoms with Gasteiger partial charge < -0.3 is 4.90 Å². The smallest absolute Gasteiger partial charge is 0.265 e. The number of carbonyl (C=O) groups is 2. The normalized spacial score (nSPS) is 22.0. The summed E-state index contributed by atoms with van der Waals surface area (Å²) in [6.07, 6.45) is 2.78. The highest BCUT2D eigenvalue weighted by Crippen LogP contribution is 2.44. The van der Waals surface area contributed by atoms with Gasteiger partial charge in [0.2, 0.25) is 0 Å². The number of rotatable bonds is 2. The van der Waals surface area contributed by atoms with Crippen molar-refractivity contribution in [2.24, 2.45) is 0 Å². The molecule has 2 aliphatic rings. The predicted octanol–water partition coefficient (Wildman–Crippen LogP) is 3.71. The van der Waals surface area contributed by atoms with Gasteiger partial charge in [-0.3, -0.25) is 19.4 Å². The van der Waals surface area contributed by atoms with E-state index in [9.17, 15) is 9.59 Å². The molecule has 1 aromatic rings. The summed E-state index contributed by atoms with van der Waals surface area (Å²) in [5.74, 6) is -0.301. The minimum Gasteiger partial charge on any atom is -0.366 e. The second-order valence-electron chi connectivity index (χ2n) is 8.50. The Hall–Kier alpha value is -2.21. The van der Waals surface area contributed by atoms with Crippen molar-refractivity contribution < 1.29 is 9.59 Å². The molecule has 3 rings (SSSR count). The number of carbonyl (C=O) groups excluding carboxylic acids is 2. The maximum absolute atomic E-state index is 12.7. The number of fused-ring (bicyclic) bond motifs is 1. The average molecular weight is 400 g/mol. The molecule has 2 amide bonds. The van der Waals surface area contributed by atoms with Gasteiger partial charge in [-0.15, -0.1) is 0 Å². The summed E-state index contributed by atoms with van der Waals surface area (Å²) < 4.78 is 0. The van der Waals surface area contributed by atoms with E-state index < -0.39 is 0 Å². The van der Waals surface area contributed by atoms with Crippen molar-refractivity contribution in [2.45, 2.75) is 52.5 Å². The third-order valence-corrected chi connectivity index (χ3v) is 6.58. The first-order chi connectivity index (χ1) is 13.0. The van der Waals surface area contributed by atoms with Crippen LogP contribution < -0.4 is 4.90 Å². The SMILES string of the molecule is CCN1c2cc(C)c(C=C3C(=O)N(C)C(=S)N(C)C3=O)cc2[C@@H](C)CC1(C)C. The number of aryl methyl sites for hydroxylation is 1. The monoisotopic (exact) mass is 399 g/mol. The van der Waals surface area contributed by atoms with Crippen molar-refractivity contribution in [1.29, 1.82) is 0 Å². The van der Waals surface area contributed by atoms with Crippen molar-refractivity contribution in [3.05, 3.63) is 34.4 Å². The number of hydrogen-bond donors (Lipinski definition) is 0. The first kappa shape index (κ1) is 20.5. The molecule has 2 heterocycles. The van der Waals surface area contributed by atoms with E-state index in [1.54, 1.807) is 20.2 Å². The zero-order valence-corrected chi connectivity index (χ0v) is 18.6. The highest BCUT2D eigenvalue weighted by Gasteiger charge is 2.37. The van der Waals surface area contributed by atoms with E-state index in [1.807, 2.05) is 6.92 Å². The average Bonchev–Trinajstić information content (AvgIpc) is 2.62. The Labute approximate surface area is 173 Å². The molecular formula is C22H29N3O2S. The van der Waals surface area contributed by atoms with Crippen LogP contribution in [-0.2, 0) is 9.59 Å². The third-order valence-electron chi connectivity index (χ3n) is 6.03. The van der Waals surface area contributed by atoms with Crippen LogP contribution >= 0.6 is 12.2 Å². The summed E-state index contributed by atoms with van der Waals surface area (Å²) in [6, 6.07) is 4.34. The quantitative estimate of drug-likeness (QED) is 0.432. The number of likely N-dealkylation sites (N-methyl/N-ethyl adjacent to an activating group) is 2. The molecule has 0 spiro atoms. The fraction of sp³-hybridized carbons (Fsp3) is 0.500. The van der Waals surface area contributed by atoms with Crippen LogP contribution in [0.15, 0.2) is 17.7 Å². The molecule has 0 aromatic heterocycles. The Morgan fingerprint density at radius 2 is 1.75 bits per heavy atom. The van der Waals surface area contributed by atoms with Crippen LogP contribution in [0.2, 0.25) is 0 Å². The molecule has 6 heteroatoms. The molecule has 28 heavy (non-hydrogen) atoms. The van der Waals surface area contributed by atoms with Gasteiger partial charge >= 0.3 is 0 Å². The fourth-order valence-corrected chi connectivity index (χ4v) is 4.70. The van der Waals surface area contributed by atoms with E-state index in [4.69, 9.17) is 12.2 Å². The number of amides is 2. The highest BCUT2D eigenvalue weighted by atomic mass is 32.1. The van der Waals surface area contributed by atoms with Gasteiger partial charge in [-0.2, -0.15) is 0 Å². The Bertz CT molecular complexity index is 877. The van der Waals surface area contributed by atoms with Crippen LogP contribution in [-0.4, -0.2) is 52.9 Å². The molecule has 1 aromatic carbocycles. The first-order valence-electron chi connectivity index (χ1n) is 9.73. The molecule has 150 valence electrons. The maximum Gasteiger partial charge on any atom is 0.265 e. The molecule has 0 N–H and O–H groups in total. The van der Waals surface area contributed by atoms with Crippen molar-refractivity contribution in [1.82, 2.24) is 9.80 Å². The van der Waals surface area contributed by atoms with Gasteiger partial charge in [0.05, 0.1) is 0 Å². The number of anilines is 1. The lowest BCUT2D eigenvalue weighted by atomic mass is 9.79. The van der Waals surface area contributed by atoms with Crippen LogP contribution in [0, 0.1) is 6.92 Å². The van der Waals surface area contributed by atoms with Crippen molar-refractivity contribution in [2.75, 3.05) is 25.5 Å². The van der Waals surface area contributed by atoms with E-state index >= 15 is 0 Å². The molecule has 0 saturated carbocycles. The highest BCUT2D eigenvalue weighted by molar-refractivity contribution is 7.80. The van der Waals surface area contributed by atoms with E-state index in [0.717, 1.165) is 24.1 Å². The summed E-state index contributed by atoms with van der Waals surface area (Å²) in [6.45, 7) is 12.0. The van der Waals surface area contributed by atoms with Crippen LogP contribution in [0.3, 0.4) is 0 Å². The molecule has 0 unspecified atom stereocenters. The molecule has 2 aliphatic heterocycles. The molecule has 0 aliphatic carbocycles. The molecule has 5 nitrogen and oxygen atoms in total. The number of thiocarbonyl (C=S) groups is 1. The van der Waals surface area contributed by atoms with Crippen LogP contribution in [0.1, 0.15) is 56.7 Å². The Morgan fingerprint density at radius 1 is 1.18 bits per heavy atom. The van der Waals surface area contributed by atoms with E-state index in [1.165, 1.54) is 21.1 Å². The Kier molecular flexibility index (Phi) is 5.13. The standard InChI is InChI=1S/C22H29N3O2S/c1-8-25-18-9-13(2)15(10-16(18)14(3)12-22(25,4)5)11-17-19(26)23(6)21(28)24(7)20(17)27/h9-11,14H,8,12H2,1-7H3/t14-/m0/s1. The maximum atomic E-state index is 12.7. The summed E-state index contributed by atoms with van der Waals surface area (Å²) >= 11 is 5.17. The van der Waals surface area contributed by atoms with Gasteiger partial charge in [-0.25, -0.2) is 0 Å². The topological polar surface area (TPSA) is 43.9 Å². The lowest BCUT2D eigenvalue weighted by molar-refractivity contribution is -0.132. The van der Waals surface area contributed by atoms with Gasteiger partial charge in [0.15, 0.2) is 5.11 Å². The van der Waals surface area contributed by atoms with Gasteiger partial charge in [-0.1, -0.05) is 6.92 Å². The van der Waals surface area contributed by atoms with E-state index in [2.05, 4.69) is 44.7 Å². The predicted molar refractivity (Wildman–Crippen MR) is 117 cm³/mol. The second-order valence-corrected chi connectivity index (χ2v) is 8.86. The minimum atomic E-state index is -0.352. The van der Waals surface area contributed by atoms with Crippen molar-refractivity contribution >= 4 is 40.9 Å². The van der Waals surface area contributed by atoms with Crippen LogP contribution in [0.5, 0.6) is 0 Å². The fourth-order valence-electron chi connectivity index (χ4n) is 4.54. The molecule has 1 saturated heterocycles. The largest absolute Gasteiger partial charge is 0.366 e. The summed E-state index contributed by atoms with van der Waals surface area (Å²) in [4.78, 5) is 30.5. The second kappa shape index (κ2) is 6.99. The van der Waals surface area contributed by atoms with E-state index in [-0.39, 0.29) is 28.0 Å². The molecule has 1 fully saturated rings. The number of hydrogen-bond acceptors (Lipinski definition) is 4. The Balaban J connectivity index is 2.12. The third kappa shape index (κ3) is 3.13. The number of nitrogens with zero attached hydrogens (tertiary/aromatic N) is 3. The summed E-state index contributed by atoms with van der Waals surface area (Å²) in [7, 11) is 3.20. The van der Waals surface area contributed by atoms with Crippen molar-refractivity contribution in [3.8, 4) is 0 Å². The lowest BCUT2D eigenvalue weighted by Gasteiger charge is -2.47. The first-order valence-corrected chi connectivity index (χ1v) is 10.1. The van der Waals surface area contributed by atoms with Gasteiger partial charge in [0.1, 0.15) is 5.57 Å². The summed E-state index contributed by atoms with van der Waals surface area (Å²) in [5.41, 5.74) is 4.73. The van der Waals surface area contributed by atoms with Crippen molar-refractivity contribution in [3.63, 3.8) is 0 Å². The molecule has 0 bridgehead atoms. The van der Waals surface area contributed by atoms with Gasteiger partial charge in [0, 0.05) is 31.9 Å². The zero-order chi connectivity index (χ0) is 21.0. The zero-order valence-electron chi connectivity index (χ0n) is 17.8. The van der Waals surface area contributed by atoms with Gasteiger partial charge in [-0.05, 0) is 87.2 Å². The minimum absolute atomic E-state index is 0.101. The molecule has 0 radical (unpaired) electrons. The van der Waals surface area contributed by atoms with E-state index in [0.29, 0.717) is 5.92 Å². The van der Waals surface area contributed by atoms with Crippen LogP contribution in [0.4, 0.5) is 5.69 Å². The number of benzene rings is 1. The lowest BCUT2D eigenvalue weighted by Crippen LogP contribution is -2.52. The molecular weight excluding hydrogens is 370 g/mol. The Morgan fingerprint density at radius 3 is 2.29 bits per heavy atom. The molecule has 1 atom stereocenters.